The zero-order valence-electron chi connectivity index (χ0n) is 16.6. The van der Waals surface area contributed by atoms with E-state index in [4.69, 9.17) is 9.90 Å². The number of hydrogen-bond donors (Lipinski definition) is 4. The van der Waals surface area contributed by atoms with Crippen LogP contribution in [0.2, 0.25) is 0 Å². The Hall–Kier alpha value is -2.94. The summed E-state index contributed by atoms with van der Waals surface area (Å²) in [5.74, 6) is 1.98. The van der Waals surface area contributed by atoms with Crippen molar-refractivity contribution in [1.82, 2.24) is 20.3 Å². The Labute approximate surface area is 174 Å². The fourth-order valence-corrected chi connectivity index (χ4v) is 5.00. The average molecular weight is 413 g/mol. The lowest BCUT2D eigenvalue weighted by molar-refractivity contribution is -0.127. The first-order valence-electron chi connectivity index (χ1n) is 10.3. The molecule has 4 atom stereocenters. The molecule has 0 unspecified atom stereocenters. The predicted molar refractivity (Wildman–Crippen MR) is 111 cm³/mol. The Morgan fingerprint density at radius 2 is 1.90 bits per heavy atom. The van der Waals surface area contributed by atoms with Gasteiger partial charge in [-0.25, -0.2) is 9.97 Å². The number of carbonyl (C=O) groups excluding carboxylic acids is 1. The Balaban J connectivity index is 0.000000687. The van der Waals surface area contributed by atoms with Gasteiger partial charge in [-0.3, -0.25) is 9.59 Å². The van der Waals surface area contributed by atoms with Crippen LogP contribution in [-0.2, 0) is 9.59 Å². The van der Waals surface area contributed by atoms with Gasteiger partial charge in [-0.2, -0.15) is 0 Å². The largest absolute Gasteiger partial charge is 0.483 e. The standard InChI is InChI=1S/C20H25N5O2.CH2O2/c26-17-8-14-10-25(19-15-5-6-21-18(15)22-11-23-19)9-13(14)7-16(17)24-20(27)12-3-1-2-4-12;2-1-3/h1-2,5-6,11-14,16-17,26H,3-4,7-10H2,(H,24,27)(H,21,22,23);1H,(H,2,3)/t13-,14+,16-,17-;/m0./s1. The molecule has 1 saturated heterocycles. The number of amides is 1. The quantitative estimate of drug-likeness (QED) is 0.441. The van der Waals surface area contributed by atoms with Crippen LogP contribution in [0.15, 0.2) is 30.7 Å². The van der Waals surface area contributed by atoms with Crippen LogP contribution in [-0.4, -0.2) is 62.8 Å². The fourth-order valence-electron chi connectivity index (χ4n) is 5.00. The number of aromatic nitrogens is 3. The van der Waals surface area contributed by atoms with Crippen LogP contribution in [0.4, 0.5) is 5.82 Å². The zero-order valence-corrected chi connectivity index (χ0v) is 16.6. The van der Waals surface area contributed by atoms with Crippen LogP contribution in [0.25, 0.3) is 11.0 Å². The second-order valence-corrected chi connectivity index (χ2v) is 8.26. The first kappa shape index (κ1) is 20.3. The second kappa shape index (κ2) is 8.83. The van der Waals surface area contributed by atoms with Crippen molar-refractivity contribution in [3.63, 3.8) is 0 Å². The van der Waals surface area contributed by atoms with Gasteiger partial charge >= 0.3 is 0 Å². The molecule has 3 heterocycles. The maximum Gasteiger partial charge on any atom is 0.290 e. The van der Waals surface area contributed by atoms with Crippen molar-refractivity contribution >= 4 is 29.2 Å². The van der Waals surface area contributed by atoms with E-state index >= 15 is 0 Å². The van der Waals surface area contributed by atoms with Crippen molar-refractivity contribution < 1.29 is 19.8 Å². The van der Waals surface area contributed by atoms with E-state index < -0.39 is 6.10 Å². The summed E-state index contributed by atoms with van der Waals surface area (Å²) in [7, 11) is 0. The molecule has 2 fully saturated rings. The van der Waals surface area contributed by atoms with E-state index in [1.54, 1.807) is 6.33 Å². The maximum atomic E-state index is 12.5. The van der Waals surface area contributed by atoms with Crippen molar-refractivity contribution in [2.45, 2.75) is 37.8 Å². The molecule has 0 radical (unpaired) electrons. The number of anilines is 1. The minimum Gasteiger partial charge on any atom is -0.483 e. The number of carboxylic acid groups (broad SMARTS) is 1. The van der Waals surface area contributed by atoms with E-state index in [0.29, 0.717) is 11.8 Å². The molecule has 4 N–H and O–H groups in total. The topological polar surface area (TPSA) is 131 Å². The van der Waals surface area contributed by atoms with Crippen LogP contribution in [0.1, 0.15) is 25.7 Å². The minimum absolute atomic E-state index is 0.0397. The number of allylic oxidation sites excluding steroid dienone is 2. The molecule has 0 bridgehead atoms. The van der Waals surface area contributed by atoms with Gasteiger partial charge in [-0.1, -0.05) is 12.2 Å². The number of carbonyl (C=O) groups is 2. The molecule has 1 saturated carbocycles. The molecule has 30 heavy (non-hydrogen) atoms. The highest BCUT2D eigenvalue weighted by Gasteiger charge is 2.43. The summed E-state index contributed by atoms with van der Waals surface area (Å²) in [5, 5.41) is 21.7. The molecule has 160 valence electrons. The Bertz CT molecular complexity index is 921. The number of aliphatic hydroxyl groups is 1. The molecule has 2 aromatic heterocycles. The summed E-state index contributed by atoms with van der Waals surface area (Å²) in [6.45, 7) is 1.55. The highest BCUT2D eigenvalue weighted by atomic mass is 16.3. The first-order valence-corrected chi connectivity index (χ1v) is 10.3. The third-order valence-electron chi connectivity index (χ3n) is 6.48. The lowest BCUT2D eigenvalue weighted by Gasteiger charge is -2.36. The number of nitrogens with one attached hydrogen (secondary N) is 2. The van der Waals surface area contributed by atoms with Gasteiger partial charge in [0, 0.05) is 25.2 Å². The minimum atomic E-state index is -0.470. The number of rotatable bonds is 3. The molecular formula is C21H27N5O4. The van der Waals surface area contributed by atoms with Crippen LogP contribution < -0.4 is 10.2 Å². The Morgan fingerprint density at radius 1 is 1.20 bits per heavy atom. The molecule has 1 aliphatic heterocycles. The van der Waals surface area contributed by atoms with Gasteiger partial charge in [0.1, 0.15) is 17.8 Å². The first-order chi connectivity index (χ1) is 14.6. The summed E-state index contributed by atoms with van der Waals surface area (Å²) in [4.78, 5) is 35.1. The molecule has 1 amide bonds. The van der Waals surface area contributed by atoms with E-state index in [9.17, 15) is 9.90 Å². The Morgan fingerprint density at radius 3 is 2.63 bits per heavy atom. The normalized spacial score (nSPS) is 28.1. The lowest BCUT2D eigenvalue weighted by atomic mass is 9.77. The van der Waals surface area contributed by atoms with Crippen molar-refractivity contribution in [3.05, 3.63) is 30.7 Å². The fraction of sp³-hybridized carbons (Fsp3) is 0.524. The van der Waals surface area contributed by atoms with Gasteiger partial charge in [0.25, 0.3) is 6.47 Å². The molecule has 5 rings (SSSR count). The molecule has 0 spiro atoms. The van der Waals surface area contributed by atoms with Crippen molar-refractivity contribution in [1.29, 1.82) is 0 Å². The summed E-state index contributed by atoms with van der Waals surface area (Å²) in [6, 6.07) is 1.87. The lowest BCUT2D eigenvalue weighted by Crippen LogP contribution is -2.50. The summed E-state index contributed by atoms with van der Waals surface area (Å²) in [5.41, 5.74) is 0.852. The molecule has 9 nitrogen and oxygen atoms in total. The molecule has 2 aliphatic carbocycles. The molecule has 2 aromatic rings. The predicted octanol–water partition coefficient (Wildman–Crippen LogP) is 1.32. The maximum absolute atomic E-state index is 12.5. The monoisotopic (exact) mass is 413 g/mol. The smallest absolute Gasteiger partial charge is 0.290 e. The summed E-state index contributed by atoms with van der Waals surface area (Å²) >= 11 is 0. The van der Waals surface area contributed by atoms with Crippen LogP contribution in [0, 0.1) is 17.8 Å². The number of fused-ring (bicyclic) bond motifs is 2. The second-order valence-electron chi connectivity index (χ2n) is 8.26. The van der Waals surface area contributed by atoms with E-state index in [0.717, 1.165) is 55.6 Å². The van der Waals surface area contributed by atoms with Crippen molar-refractivity contribution in [2.24, 2.45) is 17.8 Å². The van der Waals surface area contributed by atoms with E-state index in [1.165, 1.54) is 0 Å². The van der Waals surface area contributed by atoms with Gasteiger partial charge in [-0.15, -0.1) is 0 Å². The van der Waals surface area contributed by atoms with Crippen molar-refractivity contribution in [3.8, 4) is 0 Å². The van der Waals surface area contributed by atoms with Gasteiger partial charge < -0.3 is 25.4 Å². The third-order valence-corrected chi connectivity index (χ3v) is 6.48. The van der Waals surface area contributed by atoms with Crippen LogP contribution in [0.3, 0.4) is 0 Å². The zero-order chi connectivity index (χ0) is 21.1. The number of aliphatic hydroxyl groups excluding tert-OH is 1. The number of nitrogens with zero attached hydrogens (tertiary/aromatic N) is 3. The summed E-state index contributed by atoms with van der Waals surface area (Å²) < 4.78 is 0. The number of H-pyrrole nitrogens is 1. The Kier molecular flexibility index (Phi) is 5.98. The molecule has 9 heteroatoms. The molecule has 0 aromatic carbocycles. The number of hydrogen-bond acceptors (Lipinski definition) is 6. The van der Waals surface area contributed by atoms with Crippen LogP contribution >= 0.6 is 0 Å². The summed E-state index contributed by atoms with van der Waals surface area (Å²) in [6.07, 6.45) is 10.3. The average Bonchev–Trinajstić information content (AvgIpc) is 3.48. The molecular weight excluding hydrogens is 386 g/mol. The SMILES string of the molecule is O=C(N[C@H]1C[C@H]2CN(c3ncnc4[nH]ccc34)C[C@H]2C[C@@H]1O)C1CC=CC1.O=CO. The third kappa shape index (κ3) is 4.02. The van der Waals surface area contributed by atoms with Gasteiger partial charge in [0.05, 0.1) is 17.5 Å². The van der Waals surface area contributed by atoms with Crippen LogP contribution in [0.5, 0.6) is 0 Å². The van der Waals surface area contributed by atoms with Crippen molar-refractivity contribution in [2.75, 3.05) is 18.0 Å². The van der Waals surface area contributed by atoms with E-state index in [1.807, 2.05) is 12.3 Å². The van der Waals surface area contributed by atoms with Gasteiger partial charge in [-0.05, 0) is 43.6 Å². The number of aromatic amines is 1. The van der Waals surface area contributed by atoms with E-state index in [2.05, 4.69) is 37.3 Å². The van der Waals surface area contributed by atoms with Gasteiger partial charge in [0.15, 0.2) is 0 Å². The van der Waals surface area contributed by atoms with E-state index in [-0.39, 0.29) is 24.3 Å². The highest BCUT2D eigenvalue weighted by Crippen LogP contribution is 2.39. The van der Waals surface area contributed by atoms with Gasteiger partial charge in [0.2, 0.25) is 5.91 Å². The molecule has 3 aliphatic rings. The highest BCUT2D eigenvalue weighted by molar-refractivity contribution is 5.87.